The third kappa shape index (κ3) is 2.32. The molecule has 0 spiro atoms. The summed E-state index contributed by atoms with van der Waals surface area (Å²) in [6.07, 6.45) is 3.54. The molecular weight excluding hydrogens is 156 g/mol. The molecule has 1 aliphatic heterocycles. The smallest absolute Gasteiger partial charge is 0.328 e. The maximum absolute atomic E-state index is 10.5. The van der Waals surface area contributed by atoms with Crippen LogP contribution in [0.4, 0.5) is 0 Å². The molecule has 0 atom stereocenters. The summed E-state index contributed by atoms with van der Waals surface area (Å²) < 4.78 is 5.15. The van der Waals surface area contributed by atoms with Crippen molar-refractivity contribution in [2.24, 2.45) is 0 Å². The van der Waals surface area contributed by atoms with E-state index in [1.807, 2.05) is 11.4 Å². The molecule has 1 saturated heterocycles. The van der Waals surface area contributed by atoms with Gasteiger partial charge in [-0.1, -0.05) is 6.08 Å². The van der Waals surface area contributed by atoms with E-state index in [9.17, 15) is 4.79 Å². The fraction of sp³-hybridized carbons (Fsp3) is 0.625. The molecule has 1 rings (SSSR count). The van der Waals surface area contributed by atoms with E-state index in [4.69, 9.17) is 4.74 Å². The predicted octanol–water partition coefficient (Wildman–Crippen LogP) is -0.211. The normalized spacial score (nSPS) is 18.7. The van der Waals surface area contributed by atoms with Crippen molar-refractivity contribution in [3.63, 3.8) is 0 Å². The van der Waals surface area contributed by atoms with E-state index in [1.54, 1.807) is 6.08 Å². The van der Waals surface area contributed by atoms with Crippen molar-refractivity contribution in [1.82, 2.24) is 10.0 Å². The molecule has 1 aliphatic rings. The Kier molecular flexibility index (Phi) is 3.76. The molecule has 4 heteroatoms. The van der Waals surface area contributed by atoms with Crippen LogP contribution in [0, 0.1) is 0 Å². The number of hydrazine groups is 1. The van der Waals surface area contributed by atoms with Crippen molar-refractivity contribution in [2.45, 2.75) is 0 Å². The molecule has 1 fully saturated rings. The van der Waals surface area contributed by atoms with Gasteiger partial charge in [0.25, 0.3) is 0 Å². The number of hydrogen-bond acceptors (Lipinski definition) is 3. The van der Waals surface area contributed by atoms with Crippen molar-refractivity contribution in [3.05, 3.63) is 12.7 Å². The minimum absolute atomic E-state index is 0.517. The quantitative estimate of drug-likeness (QED) is 0.431. The van der Waals surface area contributed by atoms with Crippen LogP contribution in [-0.4, -0.2) is 49.3 Å². The van der Waals surface area contributed by atoms with Gasteiger partial charge in [-0.2, -0.15) is 0 Å². The predicted molar refractivity (Wildman–Crippen MR) is 45.0 cm³/mol. The Morgan fingerprint density at radius 3 is 2.75 bits per heavy atom. The highest BCUT2D eigenvalue weighted by molar-refractivity contribution is 5.47. The van der Waals surface area contributed by atoms with Gasteiger partial charge in [0.15, 0.2) is 0 Å². The molecule has 0 saturated carbocycles. The molecular formula is C8H13N2O2. The lowest BCUT2D eigenvalue weighted by atomic mass is 10.5. The van der Waals surface area contributed by atoms with E-state index in [0.29, 0.717) is 19.8 Å². The van der Waals surface area contributed by atoms with Gasteiger partial charge in [-0.05, 0) is 0 Å². The Morgan fingerprint density at radius 2 is 2.25 bits per heavy atom. The summed E-state index contributed by atoms with van der Waals surface area (Å²) in [5, 5.41) is 3.41. The van der Waals surface area contributed by atoms with Crippen LogP contribution in [0.25, 0.3) is 0 Å². The fourth-order valence-electron chi connectivity index (χ4n) is 1.13. The number of hydrogen-bond donors (Lipinski definition) is 0. The molecule has 0 aromatic carbocycles. The highest BCUT2D eigenvalue weighted by atomic mass is 16.5. The molecule has 0 aliphatic carbocycles. The molecule has 1 radical (unpaired) electrons. The number of rotatable bonds is 4. The zero-order valence-corrected chi connectivity index (χ0v) is 7.03. The molecule has 12 heavy (non-hydrogen) atoms. The van der Waals surface area contributed by atoms with E-state index in [-0.39, 0.29) is 0 Å². The number of morpholine rings is 1. The zero-order valence-electron chi connectivity index (χ0n) is 7.03. The van der Waals surface area contributed by atoms with Crippen LogP contribution in [-0.2, 0) is 9.53 Å². The maximum Gasteiger partial charge on any atom is 0.328 e. The number of amides is 1. The molecule has 0 N–H and O–H groups in total. The molecule has 0 bridgehead atoms. The third-order valence-electron chi connectivity index (χ3n) is 1.74. The Bertz CT molecular complexity index is 155. The van der Waals surface area contributed by atoms with Gasteiger partial charge in [0.05, 0.1) is 19.8 Å². The van der Waals surface area contributed by atoms with E-state index in [0.717, 1.165) is 13.1 Å². The van der Waals surface area contributed by atoms with Gasteiger partial charge in [-0.3, -0.25) is 9.80 Å². The molecule has 0 aromatic heterocycles. The van der Waals surface area contributed by atoms with Crippen molar-refractivity contribution in [1.29, 1.82) is 0 Å². The molecule has 1 heterocycles. The molecule has 1 amide bonds. The molecule has 0 unspecified atom stereocenters. The third-order valence-corrected chi connectivity index (χ3v) is 1.74. The van der Waals surface area contributed by atoms with E-state index >= 15 is 0 Å². The summed E-state index contributed by atoms with van der Waals surface area (Å²) in [7, 11) is 0. The van der Waals surface area contributed by atoms with E-state index in [1.165, 1.54) is 5.01 Å². The zero-order chi connectivity index (χ0) is 8.81. The van der Waals surface area contributed by atoms with Crippen LogP contribution < -0.4 is 0 Å². The maximum atomic E-state index is 10.5. The van der Waals surface area contributed by atoms with Crippen LogP contribution in [0.3, 0.4) is 0 Å². The number of carbonyl (C=O) groups excluding carboxylic acids is 1. The second kappa shape index (κ2) is 4.90. The SMILES string of the molecule is C=CCN([C]=O)N1CCOCC1. The van der Waals surface area contributed by atoms with Crippen LogP contribution in [0.2, 0.25) is 0 Å². The second-order valence-corrected chi connectivity index (χ2v) is 2.53. The van der Waals surface area contributed by atoms with E-state index < -0.39 is 0 Å². The minimum Gasteiger partial charge on any atom is -0.379 e. The fourth-order valence-corrected chi connectivity index (χ4v) is 1.13. The van der Waals surface area contributed by atoms with Gasteiger partial charge < -0.3 is 4.74 Å². The van der Waals surface area contributed by atoms with Gasteiger partial charge in [0.1, 0.15) is 0 Å². The summed E-state index contributed by atoms with van der Waals surface area (Å²) in [6, 6.07) is 0. The lowest BCUT2D eigenvalue weighted by Crippen LogP contribution is -2.48. The first-order valence-corrected chi connectivity index (χ1v) is 3.97. The van der Waals surface area contributed by atoms with Crippen molar-refractivity contribution >= 4 is 6.41 Å². The highest BCUT2D eigenvalue weighted by Gasteiger charge is 2.15. The Labute approximate surface area is 72.4 Å². The Hall–Kier alpha value is -0.870. The van der Waals surface area contributed by atoms with Gasteiger partial charge in [0.2, 0.25) is 0 Å². The minimum atomic E-state index is 0.517. The summed E-state index contributed by atoms with van der Waals surface area (Å²) >= 11 is 0. The Balaban J connectivity index is 2.39. The van der Waals surface area contributed by atoms with Gasteiger partial charge in [-0.15, -0.1) is 6.58 Å². The first-order valence-electron chi connectivity index (χ1n) is 3.97. The standard InChI is InChI=1S/C8H13N2O2/c1-2-3-10(8-11)9-4-6-12-7-5-9/h2H,1,3-7H2. The lowest BCUT2D eigenvalue weighted by molar-refractivity contribution is -0.0459. The van der Waals surface area contributed by atoms with Gasteiger partial charge >= 0.3 is 6.41 Å². The van der Waals surface area contributed by atoms with Crippen LogP contribution in [0.5, 0.6) is 0 Å². The summed E-state index contributed by atoms with van der Waals surface area (Å²) in [6.45, 7) is 6.94. The summed E-state index contributed by atoms with van der Waals surface area (Å²) in [5.41, 5.74) is 0. The number of ether oxygens (including phenoxy) is 1. The summed E-state index contributed by atoms with van der Waals surface area (Å²) in [5.74, 6) is 0. The van der Waals surface area contributed by atoms with Crippen LogP contribution in [0.1, 0.15) is 0 Å². The van der Waals surface area contributed by atoms with Gasteiger partial charge in [0, 0.05) is 13.1 Å². The highest BCUT2D eigenvalue weighted by Crippen LogP contribution is 2.00. The van der Waals surface area contributed by atoms with Crippen molar-refractivity contribution in [3.8, 4) is 0 Å². The topological polar surface area (TPSA) is 32.8 Å². The lowest BCUT2D eigenvalue weighted by Gasteiger charge is -2.33. The van der Waals surface area contributed by atoms with Crippen molar-refractivity contribution in [2.75, 3.05) is 32.8 Å². The largest absolute Gasteiger partial charge is 0.379 e. The second-order valence-electron chi connectivity index (χ2n) is 2.53. The number of nitrogens with zero attached hydrogens (tertiary/aromatic N) is 2. The van der Waals surface area contributed by atoms with E-state index in [2.05, 4.69) is 6.58 Å². The molecule has 4 nitrogen and oxygen atoms in total. The van der Waals surface area contributed by atoms with Crippen LogP contribution >= 0.6 is 0 Å². The first kappa shape index (κ1) is 9.22. The van der Waals surface area contributed by atoms with Crippen molar-refractivity contribution < 1.29 is 9.53 Å². The monoisotopic (exact) mass is 169 g/mol. The average Bonchev–Trinajstić information content (AvgIpc) is 2.15. The van der Waals surface area contributed by atoms with Crippen LogP contribution in [0.15, 0.2) is 12.7 Å². The Morgan fingerprint density at radius 1 is 1.58 bits per heavy atom. The molecule has 67 valence electrons. The van der Waals surface area contributed by atoms with Gasteiger partial charge in [-0.25, -0.2) is 5.01 Å². The first-order chi connectivity index (χ1) is 5.88. The molecule has 0 aromatic rings. The average molecular weight is 169 g/mol. The summed E-state index contributed by atoms with van der Waals surface area (Å²) in [4.78, 5) is 10.5.